The summed E-state index contributed by atoms with van der Waals surface area (Å²) in [5, 5.41) is 3.51. The molecule has 2 aromatic heterocycles. The molecule has 0 amide bonds. The number of nitrogens with one attached hydrogen (secondary N) is 1. The van der Waals surface area contributed by atoms with E-state index in [9.17, 15) is 0 Å². The van der Waals surface area contributed by atoms with Gasteiger partial charge in [-0.1, -0.05) is 23.4 Å². The second kappa shape index (κ2) is 5.93. The highest BCUT2D eigenvalue weighted by atomic mass is 35.5. The molecule has 3 rings (SSSR count). The van der Waals surface area contributed by atoms with Crippen molar-refractivity contribution in [2.45, 2.75) is 17.3 Å². The number of aromatic nitrogens is 1. The summed E-state index contributed by atoms with van der Waals surface area (Å²) in [7, 11) is 0. The van der Waals surface area contributed by atoms with Gasteiger partial charge in [-0.15, -0.1) is 22.7 Å². The van der Waals surface area contributed by atoms with E-state index in [2.05, 4.69) is 47.7 Å². The molecule has 0 spiro atoms. The number of thiophene rings is 1. The minimum absolute atomic E-state index is 0.248. The van der Waals surface area contributed by atoms with Crippen LogP contribution >= 0.6 is 46.0 Å². The lowest BCUT2D eigenvalue weighted by molar-refractivity contribution is 0.909. The molecule has 104 valence electrons. The molecule has 0 saturated carbocycles. The summed E-state index contributed by atoms with van der Waals surface area (Å²) in [5.41, 5.74) is 2.18. The van der Waals surface area contributed by atoms with E-state index in [4.69, 9.17) is 11.6 Å². The van der Waals surface area contributed by atoms with Crippen LogP contribution in [-0.2, 0) is 0 Å². The molecular weight excluding hydrogens is 328 g/mol. The zero-order valence-electron chi connectivity index (χ0n) is 11.0. The summed E-state index contributed by atoms with van der Waals surface area (Å²) in [5.74, 6) is 0. The van der Waals surface area contributed by atoms with E-state index in [1.54, 1.807) is 34.4 Å². The largest absolute Gasteiger partial charge is 0.378 e. The van der Waals surface area contributed by atoms with E-state index in [0.29, 0.717) is 0 Å². The SMILES string of the molecule is CSc1nc2ccc(NC(C)c3ccc(Cl)s3)cc2s1. The first kappa shape index (κ1) is 14.2. The third-order valence-electron chi connectivity index (χ3n) is 2.95. The third-order valence-corrected chi connectivity index (χ3v) is 6.36. The Morgan fingerprint density at radius 2 is 2.10 bits per heavy atom. The van der Waals surface area contributed by atoms with E-state index < -0.39 is 0 Å². The van der Waals surface area contributed by atoms with E-state index >= 15 is 0 Å². The van der Waals surface area contributed by atoms with Crippen LogP contribution in [0.1, 0.15) is 17.8 Å². The lowest BCUT2D eigenvalue weighted by Gasteiger charge is -2.13. The van der Waals surface area contributed by atoms with Gasteiger partial charge in [0, 0.05) is 10.6 Å². The lowest BCUT2D eigenvalue weighted by Crippen LogP contribution is -2.04. The first-order valence-electron chi connectivity index (χ1n) is 6.12. The smallest absolute Gasteiger partial charge is 0.150 e. The maximum absolute atomic E-state index is 5.99. The molecule has 0 aliphatic rings. The molecule has 0 radical (unpaired) electrons. The monoisotopic (exact) mass is 340 g/mol. The van der Waals surface area contributed by atoms with E-state index in [0.717, 1.165) is 19.9 Å². The molecule has 2 heterocycles. The lowest BCUT2D eigenvalue weighted by atomic mass is 10.2. The number of nitrogens with zero attached hydrogens (tertiary/aromatic N) is 1. The molecule has 1 atom stereocenters. The zero-order chi connectivity index (χ0) is 14.1. The van der Waals surface area contributed by atoms with Crippen molar-refractivity contribution in [3.05, 3.63) is 39.5 Å². The van der Waals surface area contributed by atoms with Gasteiger partial charge in [0.05, 0.1) is 20.6 Å². The Hall–Kier alpha value is -0.750. The molecule has 1 N–H and O–H groups in total. The second-order valence-corrected chi connectivity index (χ2v) is 8.20. The summed E-state index contributed by atoms with van der Waals surface area (Å²) in [6.45, 7) is 2.15. The average molecular weight is 341 g/mol. The standard InChI is InChI=1S/C14H13ClN2S3/c1-8(11-5-6-13(15)19-11)16-9-3-4-10-12(7-9)20-14(17-10)18-2/h3-8,16H,1-2H3. The second-order valence-electron chi connectivity index (χ2n) is 4.37. The summed E-state index contributed by atoms with van der Waals surface area (Å²) in [4.78, 5) is 5.79. The fraction of sp³-hybridized carbons (Fsp3) is 0.214. The van der Waals surface area contributed by atoms with E-state index in [-0.39, 0.29) is 6.04 Å². The van der Waals surface area contributed by atoms with Crippen LogP contribution in [0.25, 0.3) is 10.2 Å². The summed E-state index contributed by atoms with van der Waals surface area (Å²) >= 11 is 11.0. The molecule has 0 aliphatic heterocycles. The van der Waals surface area contributed by atoms with Gasteiger partial charge in [0.2, 0.25) is 0 Å². The Morgan fingerprint density at radius 3 is 2.80 bits per heavy atom. The van der Waals surface area contributed by atoms with Crippen molar-refractivity contribution in [1.29, 1.82) is 0 Å². The fourth-order valence-electron chi connectivity index (χ4n) is 1.96. The van der Waals surface area contributed by atoms with Crippen molar-refractivity contribution in [3.63, 3.8) is 0 Å². The van der Waals surface area contributed by atoms with Gasteiger partial charge in [0.1, 0.15) is 0 Å². The molecular formula is C14H13ClN2S3. The topological polar surface area (TPSA) is 24.9 Å². The van der Waals surface area contributed by atoms with Gasteiger partial charge < -0.3 is 5.32 Å². The minimum atomic E-state index is 0.248. The number of halogens is 1. The molecule has 20 heavy (non-hydrogen) atoms. The van der Waals surface area contributed by atoms with Crippen molar-refractivity contribution in [1.82, 2.24) is 4.98 Å². The number of hydrogen-bond acceptors (Lipinski definition) is 5. The van der Waals surface area contributed by atoms with Crippen LogP contribution in [0.15, 0.2) is 34.7 Å². The highest BCUT2D eigenvalue weighted by Crippen LogP contribution is 2.32. The number of anilines is 1. The molecule has 6 heteroatoms. The van der Waals surface area contributed by atoms with E-state index in [1.165, 1.54) is 9.58 Å². The van der Waals surface area contributed by atoms with Crippen molar-refractivity contribution in [2.24, 2.45) is 0 Å². The normalized spacial score (nSPS) is 12.8. The molecule has 0 saturated heterocycles. The van der Waals surface area contributed by atoms with Crippen LogP contribution in [0, 0.1) is 0 Å². The maximum atomic E-state index is 5.99. The first-order valence-corrected chi connectivity index (χ1v) is 9.35. The van der Waals surface area contributed by atoms with Gasteiger partial charge in [-0.25, -0.2) is 4.98 Å². The fourth-order valence-corrected chi connectivity index (χ4v) is 4.55. The highest BCUT2D eigenvalue weighted by molar-refractivity contribution is 8.00. The van der Waals surface area contributed by atoms with Crippen LogP contribution in [0.3, 0.4) is 0 Å². The quantitative estimate of drug-likeness (QED) is 0.598. The number of rotatable bonds is 4. The number of benzene rings is 1. The molecule has 1 unspecified atom stereocenters. The number of fused-ring (bicyclic) bond motifs is 1. The van der Waals surface area contributed by atoms with E-state index in [1.807, 2.05) is 6.07 Å². The average Bonchev–Trinajstić information content (AvgIpc) is 3.03. The van der Waals surface area contributed by atoms with Crippen LogP contribution in [0.2, 0.25) is 4.34 Å². The Balaban J connectivity index is 1.83. The summed E-state index contributed by atoms with van der Waals surface area (Å²) in [6, 6.07) is 10.6. The van der Waals surface area contributed by atoms with Gasteiger partial charge >= 0.3 is 0 Å². The molecule has 0 bridgehead atoms. The number of hydrogen-bond donors (Lipinski definition) is 1. The molecule has 0 fully saturated rings. The number of thioether (sulfide) groups is 1. The molecule has 2 nitrogen and oxygen atoms in total. The van der Waals surface area contributed by atoms with Crippen LogP contribution in [0.5, 0.6) is 0 Å². The van der Waals surface area contributed by atoms with Crippen molar-refractivity contribution in [2.75, 3.05) is 11.6 Å². The number of thiazole rings is 1. The maximum Gasteiger partial charge on any atom is 0.150 e. The highest BCUT2D eigenvalue weighted by Gasteiger charge is 2.09. The van der Waals surface area contributed by atoms with Gasteiger partial charge in [-0.05, 0) is 43.5 Å². The first-order chi connectivity index (χ1) is 9.65. The minimum Gasteiger partial charge on any atom is -0.378 e. The van der Waals surface area contributed by atoms with Crippen LogP contribution in [-0.4, -0.2) is 11.2 Å². The van der Waals surface area contributed by atoms with Gasteiger partial charge in [-0.3, -0.25) is 0 Å². The Morgan fingerprint density at radius 1 is 1.25 bits per heavy atom. The van der Waals surface area contributed by atoms with Crippen molar-refractivity contribution < 1.29 is 0 Å². The predicted octanol–water partition coefficient (Wildman–Crippen LogP) is 5.91. The third kappa shape index (κ3) is 2.96. The molecule has 3 aromatic rings. The van der Waals surface area contributed by atoms with Gasteiger partial charge in [-0.2, -0.15) is 0 Å². The Labute approximate surface area is 135 Å². The molecule has 0 aliphatic carbocycles. The van der Waals surface area contributed by atoms with Crippen LogP contribution in [0.4, 0.5) is 5.69 Å². The Bertz CT molecular complexity index is 735. The molecule has 1 aromatic carbocycles. The predicted molar refractivity (Wildman–Crippen MR) is 92.8 cm³/mol. The Kier molecular flexibility index (Phi) is 4.21. The van der Waals surface area contributed by atoms with Crippen molar-refractivity contribution in [3.8, 4) is 0 Å². The summed E-state index contributed by atoms with van der Waals surface area (Å²) < 4.78 is 3.15. The van der Waals surface area contributed by atoms with Gasteiger partial charge in [0.25, 0.3) is 0 Å². The zero-order valence-corrected chi connectivity index (χ0v) is 14.2. The summed E-state index contributed by atoms with van der Waals surface area (Å²) in [6.07, 6.45) is 2.06. The van der Waals surface area contributed by atoms with Crippen molar-refractivity contribution >= 4 is 61.9 Å². The van der Waals surface area contributed by atoms with Gasteiger partial charge in [0.15, 0.2) is 4.34 Å². The van der Waals surface area contributed by atoms with Crippen LogP contribution < -0.4 is 5.32 Å².